The minimum Gasteiger partial charge on any atom is -0.493 e. The van der Waals surface area contributed by atoms with Crippen LogP contribution in [0.25, 0.3) is 16.9 Å². The molecule has 0 radical (unpaired) electrons. The van der Waals surface area contributed by atoms with E-state index < -0.39 is 15.8 Å². The van der Waals surface area contributed by atoms with Gasteiger partial charge in [0.2, 0.25) is 0 Å². The van der Waals surface area contributed by atoms with Crippen molar-refractivity contribution in [3.63, 3.8) is 0 Å². The topological polar surface area (TPSA) is 120 Å². The first kappa shape index (κ1) is 25.9. The maximum atomic E-state index is 13.1. The Morgan fingerprint density at radius 3 is 2.27 bits per heavy atom. The summed E-state index contributed by atoms with van der Waals surface area (Å²) in [5, 5.41) is 17.2. The number of oxime groups is 1. The molecule has 0 unspecified atom stereocenters. The quantitative estimate of drug-likeness (QED) is 0.115. The van der Waals surface area contributed by atoms with Gasteiger partial charge in [0.25, 0.3) is 0 Å². The number of aromatic nitrogens is 2. The van der Waals surface area contributed by atoms with Gasteiger partial charge in [-0.1, -0.05) is 28.9 Å². The molecule has 0 atom stereocenters. The molecular formula is C26H22ClN3O6S. The Morgan fingerprint density at radius 2 is 1.68 bits per heavy atom. The van der Waals surface area contributed by atoms with Gasteiger partial charge in [-0.15, -0.1) is 0 Å². The molecule has 0 saturated carbocycles. The first-order valence-electron chi connectivity index (χ1n) is 10.9. The Morgan fingerprint density at radius 1 is 1.00 bits per heavy atom. The van der Waals surface area contributed by atoms with Crippen LogP contribution in [-0.2, 0) is 9.84 Å². The van der Waals surface area contributed by atoms with Crippen molar-refractivity contribution in [1.29, 1.82) is 0 Å². The highest BCUT2D eigenvalue weighted by molar-refractivity contribution is 7.90. The second-order valence-electron chi connectivity index (χ2n) is 8.04. The molecular weight excluding hydrogens is 518 g/mol. The van der Waals surface area contributed by atoms with Crippen LogP contribution < -0.4 is 9.47 Å². The van der Waals surface area contributed by atoms with Gasteiger partial charge < -0.3 is 14.7 Å². The van der Waals surface area contributed by atoms with Gasteiger partial charge in [-0.2, -0.15) is 5.10 Å². The van der Waals surface area contributed by atoms with Gasteiger partial charge in [-0.25, -0.2) is 17.9 Å². The molecule has 37 heavy (non-hydrogen) atoms. The lowest BCUT2D eigenvalue weighted by Crippen LogP contribution is -2.11. The van der Waals surface area contributed by atoms with Crippen molar-refractivity contribution in [1.82, 2.24) is 9.78 Å². The van der Waals surface area contributed by atoms with Crippen LogP contribution in [-0.4, -0.2) is 48.5 Å². The average molecular weight is 540 g/mol. The molecule has 4 aromatic rings. The fourth-order valence-electron chi connectivity index (χ4n) is 3.53. The van der Waals surface area contributed by atoms with Crippen LogP contribution >= 0.6 is 11.6 Å². The summed E-state index contributed by atoms with van der Waals surface area (Å²) in [6.07, 6.45) is 1.13. The van der Waals surface area contributed by atoms with Crippen LogP contribution in [0, 0.1) is 0 Å². The van der Waals surface area contributed by atoms with Crippen LogP contribution in [0.2, 0.25) is 5.02 Å². The lowest BCUT2D eigenvalue weighted by Gasteiger charge is -2.10. The summed E-state index contributed by atoms with van der Waals surface area (Å²) in [4.78, 5) is 13.3. The third-order valence-electron chi connectivity index (χ3n) is 5.50. The van der Waals surface area contributed by atoms with Crippen molar-refractivity contribution in [2.75, 3.05) is 13.4 Å². The summed E-state index contributed by atoms with van der Waals surface area (Å²) in [7, 11) is -1.95. The van der Waals surface area contributed by atoms with Crippen LogP contribution in [0.1, 0.15) is 23.0 Å². The third-order valence-corrected chi connectivity index (χ3v) is 6.88. The van der Waals surface area contributed by atoms with E-state index in [1.54, 1.807) is 61.5 Å². The van der Waals surface area contributed by atoms with Crippen molar-refractivity contribution in [3.8, 4) is 28.4 Å². The molecule has 1 heterocycles. The lowest BCUT2D eigenvalue weighted by atomic mass is 10.1. The number of hydrogen-bond acceptors (Lipinski definition) is 8. The molecule has 0 saturated heterocycles. The Hall–Kier alpha value is -4.15. The number of benzene rings is 3. The number of methoxy groups -OCH3 is 1. The molecule has 11 heteroatoms. The Labute approximate surface area is 218 Å². The summed E-state index contributed by atoms with van der Waals surface area (Å²) < 4.78 is 36.2. The fourth-order valence-corrected chi connectivity index (χ4v) is 4.28. The third kappa shape index (κ3) is 5.65. The molecule has 0 aliphatic heterocycles. The van der Waals surface area contributed by atoms with Crippen molar-refractivity contribution >= 4 is 33.1 Å². The number of carbonyl (C=O) groups excluding carboxylic acids is 1. The number of nitrogens with zero attached hydrogens (tertiary/aromatic N) is 3. The fraction of sp³-hybridized carbons (Fsp3) is 0.115. The first-order chi connectivity index (χ1) is 17.6. The molecule has 3 aromatic carbocycles. The number of carbonyl (C=O) groups is 1. The van der Waals surface area contributed by atoms with Crippen LogP contribution in [0.5, 0.6) is 11.5 Å². The van der Waals surface area contributed by atoms with Gasteiger partial charge in [0.15, 0.2) is 27.0 Å². The predicted octanol–water partition coefficient (Wildman–Crippen LogP) is 5.02. The van der Waals surface area contributed by atoms with E-state index in [1.807, 2.05) is 0 Å². The molecule has 0 aliphatic carbocycles. The summed E-state index contributed by atoms with van der Waals surface area (Å²) >= 11 is 6.04. The summed E-state index contributed by atoms with van der Waals surface area (Å²) in [6, 6.07) is 19.4. The van der Waals surface area contributed by atoms with Crippen molar-refractivity contribution in [3.05, 3.63) is 89.1 Å². The largest absolute Gasteiger partial charge is 0.493 e. The number of hydrogen-bond donors (Lipinski definition) is 1. The van der Waals surface area contributed by atoms with Gasteiger partial charge >= 0.3 is 5.97 Å². The van der Waals surface area contributed by atoms with Gasteiger partial charge in [0.05, 0.1) is 29.1 Å². The van der Waals surface area contributed by atoms with Crippen LogP contribution in [0.15, 0.2) is 82.8 Å². The summed E-state index contributed by atoms with van der Waals surface area (Å²) in [5.74, 6) is -0.315. The lowest BCUT2D eigenvalue weighted by molar-refractivity contribution is 0.0723. The van der Waals surface area contributed by atoms with Crippen LogP contribution in [0.4, 0.5) is 0 Å². The Kier molecular flexibility index (Phi) is 7.33. The van der Waals surface area contributed by atoms with E-state index in [-0.39, 0.29) is 22.1 Å². The maximum absolute atomic E-state index is 13.1. The number of esters is 1. The SMILES string of the molecule is COc1cc(/C(C)=N\O)ccc1OC(=O)c1cc(-c2ccc(Cl)cc2)n(-c2ccc(S(C)(=O)=O)cc2)n1. The van der Waals surface area contributed by atoms with Gasteiger partial charge in [0.1, 0.15) is 0 Å². The second kappa shape index (κ2) is 10.5. The highest BCUT2D eigenvalue weighted by Crippen LogP contribution is 2.31. The van der Waals surface area contributed by atoms with Gasteiger partial charge in [-0.05, 0) is 67.6 Å². The monoisotopic (exact) mass is 539 g/mol. The molecule has 0 bridgehead atoms. The molecule has 0 aliphatic rings. The number of rotatable bonds is 7. The zero-order valence-corrected chi connectivity index (χ0v) is 21.6. The normalized spacial score (nSPS) is 11.8. The molecule has 0 fully saturated rings. The smallest absolute Gasteiger partial charge is 0.364 e. The highest BCUT2D eigenvalue weighted by Gasteiger charge is 2.21. The van der Waals surface area contributed by atoms with E-state index in [0.29, 0.717) is 27.7 Å². The standard InChI is InChI=1S/C26H22ClN3O6S/c1-16(29-32)18-6-13-24(25(14-18)35-2)36-26(31)22-15-23(17-4-7-19(27)8-5-17)30(28-22)20-9-11-21(12-10-20)37(3,33)34/h4-15,32H,1-3H3/b29-16-. The molecule has 1 N–H and O–H groups in total. The first-order valence-corrected chi connectivity index (χ1v) is 13.1. The van der Waals surface area contributed by atoms with E-state index in [2.05, 4.69) is 10.3 Å². The number of halogens is 1. The van der Waals surface area contributed by atoms with E-state index in [9.17, 15) is 13.2 Å². The van der Waals surface area contributed by atoms with E-state index in [4.69, 9.17) is 26.3 Å². The van der Waals surface area contributed by atoms with Crippen LogP contribution in [0.3, 0.4) is 0 Å². The average Bonchev–Trinajstić information content (AvgIpc) is 3.34. The minimum absolute atomic E-state index is 0.0105. The molecule has 9 nitrogen and oxygen atoms in total. The second-order valence-corrected chi connectivity index (χ2v) is 10.5. The molecule has 1 aromatic heterocycles. The Balaban J connectivity index is 1.74. The van der Waals surface area contributed by atoms with Gasteiger partial charge in [0, 0.05) is 22.4 Å². The zero-order chi connectivity index (χ0) is 26.7. The van der Waals surface area contributed by atoms with Gasteiger partial charge in [-0.3, -0.25) is 0 Å². The summed E-state index contributed by atoms with van der Waals surface area (Å²) in [5.41, 5.74) is 2.79. The van der Waals surface area contributed by atoms with Crippen molar-refractivity contribution in [2.24, 2.45) is 5.16 Å². The molecule has 190 valence electrons. The predicted molar refractivity (Wildman–Crippen MR) is 139 cm³/mol. The van der Waals surface area contributed by atoms with E-state index in [0.717, 1.165) is 11.8 Å². The molecule has 0 amide bonds. The number of sulfone groups is 1. The van der Waals surface area contributed by atoms with Crippen molar-refractivity contribution < 1.29 is 27.9 Å². The molecule has 4 rings (SSSR count). The Bertz CT molecular complexity index is 1590. The number of ether oxygens (including phenoxy) is 2. The maximum Gasteiger partial charge on any atom is 0.364 e. The zero-order valence-electron chi connectivity index (χ0n) is 20.0. The highest BCUT2D eigenvalue weighted by atomic mass is 35.5. The minimum atomic E-state index is -3.38. The van der Waals surface area contributed by atoms with Crippen molar-refractivity contribution in [2.45, 2.75) is 11.8 Å². The summed E-state index contributed by atoms with van der Waals surface area (Å²) in [6.45, 7) is 1.62. The van der Waals surface area contributed by atoms with E-state index >= 15 is 0 Å². The molecule has 0 spiro atoms. The van der Waals surface area contributed by atoms with E-state index in [1.165, 1.54) is 30.0 Å².